The molecular formula is C11H15FN4O2. The zero-order valence-electron chi connectivity index (χ0n) is 9.70. The van der Waals surface area contributed by atoms with Gasteiger partial charge in [0.15, 0.2) is 0 Å². The van der Waals surface area contributed by atoms with E-state index in [1.807, 2.05) is 0 Å². The highest BCUT2D eigenvalue weighted by atomic mass is 19.1. The molecule has 0 fully saturated rings. The van der Waals surface area contributed by atoms with E-state index in [1.165, 1.54) is 18.2 Å². The first-order valence-corrected chi connectivity index (χ1v) is 5.37. The molecule has 1 rings (SSSR count). The lowest BCUT2D eigenvalue weighted by atomic mass is 10.3. The monoisotopic (exact) mass is 254 g/mol. The fraction of sp³-hybridized carbons (Fsp3) is 0.273. The van der Waals surface area contributed by atoms with Crippen LogP contribution in [-0.4, -0.2) is 31.6 Å². The molecule has 18 heavy (non-hydrogen) atoms. The van der Waals surface area contributed by atoms with Gasteiger partial charge in [-0.1, -0.05) is 6.07 Å². The quantitative estimate of drug-likeness (QED) is 0.539. The summed E-state index contributed by atoms with van der Waals surface area (Å²) < 4.78 is 12.8. The number of hydrogen-bond acceptors (Lipinski definition) is 3. The first kappa shape index (κ1) is 13.9. The Morgan fingerprint density at radius 3 is 2.72 bits per heavy atom. The summed E-state index contributed by atoms with van der Waals surface area (Å²) in [6.07, 6.45) is 0. The minimum Gasteiger partial charge on any atom is -0.352 e. The molecule has 0 heterocycles. The fourth-order valence-corrected chi connectivity index (χ4v) is 1.25. The van der Waals surface area contributed by atoms with Crippen LogP contribution in [0.25, 0.3) is 0 Å². The number of anilines is 1. The Morgan fingerprint density at radius 2 is 2.06 bits per heavy atom. The molecule has 1 aromatic rings. The number of primary amides is 1. The molecule has 0 radical (unpaired) electrons. The summed E-state index contributed by atoms with van der Waals surface area (Å²) in [4.78, 5) is 21.8. The van der Waals surface area contributed by atoms with Crippen molar-refractivity contribution < 1.29 is 14.0 Å². The first-order valence-electron chi connectivity index (χ1n) is 5.37. The van der Waals surface area contributed by atoms with E-state index in [1.54, 1.807) is 6.07 Å². The molecule has 3 amide bonds. The van der Waals surface area contributed by atoms with E-state index in [2.05, 4.69) is 16.0 Å². The van der Waals surface area contributed by atoms with Crippen molar-refractivity contribution in [1.82, 2.24) is 10.6 Å². The van der Waals surface area contributed by atoms with Crippen LogP contribution in [0.4, 0.5) is 14.9 Å². The molecule has 6 nitrogen and oxygen atoms in total. The second-order valence-corrected chi connectivity index (χ2v) is 3.53. The van der Waals surface area contributed by atoms with Crippen LogP contribution in [0.15, 0.2) is 24.3 Å². The third-order valence-corrected chi connectivity index (χ3v) is 1.99. The van der Waals surface area contributed by atoms with Gasteiger partial charge in [0.2, 0.25) is 5.91 Å². The molecule has 0 unspecified atom stereocenters. The maximum absolute atomic E-state index is 12.8. The van der Waals surface area contributed by atoms with E-state index in [-0.39, 0.29) is 12.5 Å². The number of benzene rings is 1. The predicted octanol–water partition coefficient (Wildman–Crippen LogP) is 0.0221. The molecule has 0 aliphatic carbocycles. The second-order valence-electron chi connectivity index (χ2n) is 3.53. The van der Waals surface area contributed by atoms with Gasteiger partial charge in [-0.25, -0.2) is 9.18 Å². The van der Waals surface area contributed by atoms with Gasteiger partial charge in [-0.2, -0.15) is 0 Å². The molecule has 0 aromatic heterocycles. The van der Waals surface area contributed by atoms with Gasteiger partial charge in [0.1, 0.15) is 5.82 Å². The Morgan fingerprint density at radius 1 is 1.28 bits per heavy atom. The number of urea groups is 1. The van der Waals surface area contributed by atoms with E-state index in [9.17, 15) is 14.0 Å². The maximum Gasteiger partial charge on any atom is 0.312 e. The average Bonchev–Trinajstić information content (AvgIpc) is 2.28. The van der Waals surface area contributed by atoms with Gasteiger partial charge in [-0.3, -0.25) is 4.79 Å². The molecule has 0 aliphatic rings. The summed E-state index contributed by atoms with van der Waals surface area (Å²) in [6.45, 7) is 0.818. The molecule has 7 heteroatoms. The van der Waals surface area contributed by atoms with E-state index < -0.39 is 11.8 Å². The van der Waals surface area contributed by atoms with Crippen molar-refractivity contribution in [3.8, 4) is 0 Å². The zero-order chi connectivity index (χ0) is 13.4. The van der Waals surface area contributed by atoms with Gasteiger partial charge in [0, 0.05) is 18.8 Å². The summed E-state index contributed by atoms with van der Waals surface area (Å²) in [5.74, 6) is -0.703. The highest BCUT2D eigenvalue weighted by Crippen LogP contribution is 2.08. The smallest absolute Gasteiger partial charge is 0.312 e. The number of nitrogens with two attached hydrogens (primary N) is 1. The lowest BCUT2D eigenvalue weighted by molar-refractivity contribution is -0.115. The van der Waals surface area contributed by atoms with Crippen molar-refractivity contribution in [2.24, 2.45) is 5.73 Å². The van der Waals surface area contributed by atoms with E-state index in [4.69, 9.17) is 5.73 Å². The third kappa shape index (κ3) is 5.80. The number of halogens is 1. The number of hydrogen-bond donors (Lipinski definition) is 4. The topological polar surface area (TPSA) is 96.2 Å². The largest absolute Gasteiger partial charge is 0.352 e. The number of amides is 3. The van der Waals surface area contributed by atoms with Gasteiger partial charge < -0.3 is 21.7 Å². The number of nitrogens with one attached hydrogen (secondary N) is 3. The second kappa shape index (κ2) is 7.23. The van der Waals surface area contributed by atoms with Gasteiger partial charge in [-0.15, -0.1) is 0 Å². The Labute approximate surface area is 104 Å². The Bertz CT molecular complexity index is 425. The van der Waals surface area contributed by atoms with Crippen molar-refractivity contribution in [3.05, 3.63) is 30.1 Å². The summed E-state index contributed by atoms with van der Waals surface area (Å²) >= 11 is 0. The number of carbonyl (C=O) groups excluding carboxylic acids is 2. The molecule has 1 aromatic carbocycles. The van der Waals surface area contributed by atoms with Crippen LogP contribution < -0.4 is 21.7 Å². The third-order valence-electron chi connectivity index (χ3n) is 1.99. The van der Waals surface area contributed by atoms with E-state index in [0.29, 0.717) is 18.8 Å². The Balaban J connectivity index is 2.20. The minimum atomic E-state index is -0.610. The molecule has 0 saturated carbocycles. The minimum absolute atomic E-state index is 0.0664. The normalized spacial score (nSPS) is 9.83. The molecule has 0 saturated heterocycles. The molecule has 5 N–H and O–H groups in total. The summed E-state index contributed by atoms with van der Waals surface area (Å²) in [7, 11) is 0. The lowest BCUT2D eigenvalue weighted by Gasteiger charge is -2.07. The number of carbonyl (C=O) groups is 2. The van der Waals surface area contributed by atoms with Crippen LogP contribution >= 0.6 is 0 Å². The van der Waals surface area contributed by atoms with E-state index >= 15 is 0 Å². The maximum atomic E-state index is 12.8. The van der Waals surface area contributed by atoms with Crippen LogP contribution in [-0.2, 0) is 4.79 Å². The van der Waals surface area contributed by atoms with Crippen LogP contribution in [0.3, 0.4) is 0 Å². The molecule has 0 spiro atoms. The summed E-state index contributed by atoms with van der Waals surface area (Å²) in [5, 5.41) is 7.70. The highest BCUT2D eigenvalue weighted by Gasteiger charge is 2.02. The fourth-order valence-electron chi connectivity index (χ4n) is 1.25. The first-order chi connectivity index (χ1) is 8.58. The van der Waals surface area contributed by atoms with Crippen LogP contribution in [0, 0.1) is 5.82 Å². The van der Waals surface area contributed by atoms with Crippen molar-refractivity contribution >= 4 is 17.6 Å². The number of rotatable bonds is 6. The Kier molecular flexibility index (Phi) is 5.59. The molecule has 0 bridgehead atoms. The van der Waals surface area contributed by atoms with Crippen molar-refractivity contribution in [3.63, 3.8) is 0 Å². The van der Waals surface area contributed by atoms with Crippen LogP contribution in [0.1, 0.15) is 0 Å². The molecule has 98 valence electrons. The standard InChI is InChI=1S/C11H15FN4O2/c12-8-2-1-3-9(6-8)16-10(17)7-14-4-5-15-11(13)18/h1-3,6,14H,4-5,7H2,(H,16,17)(H3,13,15,18). The SMILES string of the molecule is NC(=O)NCCNCC(=O)Nc1cccc(F)c1. The zero-order valence-corrected chi connectivity index (χ0v) is 9.70. The predicted molar refractivity (Wildman–Crippen MR) is 65.5 cm³/mol. The lowest BCUT2D eigenvalue weighted by Crippen LogP contribution is -2.37. The summed E-state index contributed by atoms with van der Waals surface area (Å²) in [6, 6.07) is 5.02. The van der Waals surface area contributed by atoms with Crippen LogP contribution in [0.5, 0.6) is 0 Å². The Hall–Kier alpha value is -2.15. The van der Waals surface area contributed by atoms with Gasteiger partial charge in [-0.05, 0) is 18.2 Å². The van der Waals surface area contributed by atoms with Crippen molar-refractivity contribution in [1.29, 1.82) is 0 Å². The van der Waals surface area contributed by atoms with Crippen LogP contribution in [0.2, 0.25) is 0 Å². The highest BCUT2D eigenvalue weighted by molar-refractivity contribution is 5.92. The summed E-state index contributed by atoms with van der Waals surface area (Å²) in [5.41, 5.74) is 5.26. The van der Waals surface area contributed by atoms with Crippen molar-refractivity contribution in [2.75, 3.05) is 25.0 Å². The van der Waals surface area contributed by atoms with Gasteiger partial charge >= 0.3 is 6.03 Å². The molecule has 0 atom stereocenters. The van der Waals surface area contributed by atoms with Gasteiger partial charge in [0.25, 0.3) is 0 Å². The van der Waals surface area contributed by atoms with Gasteiger partial charge in [0.05, 0.1) is 6.54 Å². The van der Waals surface area contributed by atoms with Crippen molar-refractivity contribution in [2.45, 2.75) is 0 Å². The molecular weight excluding hydrogens is 239 g/mol. The average molecular weight is 254 g/mol. The molecule has 0 aliphatic heterocycles. The van der Waals surface area contributed by atoms with E-state index in [0.717, 1.165) is 0 Å².